The Morgan fingerprint density at radius 3 is 2.70 bits per heavy atom. The summed E-state index contributed by atoms with van der Waals surface area (Å²) in [6, 6.07) is 5.57. The van der Waals surface area contributed by atoms with Gasteiger partial charge in [0, 0.05) is 5.56 Å². The first-order valence-corrected chi connectivity index (χ1v) is 6.75. The minimum absolute atomic E-state index is 0.212. The Morgan fingerprint density at radius 1 is 1.35 bits per heavy atom. The Labute approximate surface area is 119 Å². The van der Waals surface area contributed by atoms with Crippen LogP contribution in [0.3, 0.4) is 0 Å². The van der Waals surface area contributed by atoms with Crippen LogP contribution in [0.25, 0.3) is 11.4 Å². The van der Waals surface area contributed by atoms with E-state index in [1.54, 1.807) is 7.11 Å². The molecule has 2 N–H and O–H groups in total. The van der Waals surface area contributed by atoms with Gasteiger partial charge in [0.1, 0.15) is 5.75 Å². The molecule has 0 saturated carbocycles. The first-order valence-electron chi connectivity index (χ1n) is 6.75. The Hall–Kier alpha value is -1.88. The molecule has 1 heterocycles. The van der Waals surface area contributed by atoms with Crippen molar-refractivity contribution in [2.24, 2.45) is 11.7 Å². The van der Waals surface area contributed by atoms with E-state index in [0.29, 0.717) is 17.6 Å². The fraction of sp³-hybridized carbons (Fsp3) is 0.467. The molecule has 0 bridgehead atoms. The van der Waals surface area contributed by atoms with Gasteiger partial charge in [-0.05, 0) is 43.0 Å². The normalized spacial score (nSPS) is 12.7. The first-order chi connectivity index (χ1) is 9.51. The van der Waals surface area contributed by atoms with Gasteiger partial charge in [-0.15, -0.1) is 0 Å². The van der Waals surface area contributed by atoms with Crippen molar-refractivity contribution < 1.29 is 9.26 Å². The molecule has 0 spiro atoms. The van der Waals surface area contributed by atoms with Crippen molar-refractivity contribution in [3.8, 4) is 17.1 Å². The van der Waals surface area contributed by atoms with Gasteiger partial charge in [-0.25, -0.2) is 0 Å². The van der Waals surface area contributed by atoms with Gasteiger partial charge in [0.05, 0.1) is 13.2 Å². The number of nitrogens with two attached hydrogens (primary N) is 1. The third-order valence-corrected chi connectivity index (χ3v) is 3.14. The number of methoxy groups -OCH3 is 1. The van der Waals surface area contributed by atoms with Crippen molar-refractivity contribution in [1.82, 2.24) is 10.1 Å². The molecular weight excluding hydrogens is 254 g/mol. The van der Waals surface area contributed by atoms with Crippen LogP contribution in [0.4, 0.5) is 0 Å². The standard InChI is InChI=1S/C15H21N3O2/c1-9(2)7-12(16)15-17-14(18-20-15)11-5-6-13(19-4)10(3)8-11/h5-6,8-9,12H,7,16H2,1-4H3/t12-/m1/s1. The van der Waals surface area contributed by atoms with Gasteiger partial charge >= 0.3 is 0 Å². The summed E-state index contributed by atoms with van der Waals surface area (Å²) in [5, 5.41) is 4.00. The number of hydrogen-bond donors (Lipinski definition) is 1. The molecule has 0 amide bonds. The highest BCUT2D eigenvalue weighted by atomic mass is 16.5. The number of rotatable bonds is 5. The summed E-state index contributed by atoms with van der Waals surface area (Å²) in [7, 11) is 1.65. The van der Waals surface area contributed by atoms with E-state index in [9.17, 15) is 0 Å². The van der Waals surface area contributed by atoms with Crippen LogP contribution < -0.4 is 10.5 Å². The molecule has 0 aliphatic heterocycles. The summed E-state index contributed by atoms with van der Waals surface area (Å²) >= 11 is 0. The van der Waals surface area contributed by atoms with Gasteiger partial charge in [0.15, 0.2) is 0 Å². The number of aromatic nitrogens is 2. The fourth-order valence-corrected chi connectivity index (χ4v) is 2.13. The van der Waals surface area contributed by atoms with E-state index < -0.39 is 0 Å². The smallest absolute Gasteiger partial charge is 0.243 e. The minimum Gasteiger partial charge on any atom is -0.496 e. The molecule has 2 aromatic rings. The highest BCUT2D eigenvalue weighted by Crippen LogP contribution is 2.25. The van der Waals surface area contributed by atoms with E-state index in [1.165, 1.54) is 0 Å². The molecule has 20 heavy (non-hydrogen) atoms. The van der Waals surface area contributed by atoms with Crippen molar-refractivity contribution >= 4 is 0 Å². The van der Waals surface area contributed by atoms with Crippen LogP contribution in [0.15, 0.2) is 22.7 Å². The molecule has 1 atom stereocenters. The SMILES string of the molecule is COc1ccc(-c2noc([C@H](N)CC(C)C)n2)cc1C. The second kappa shape index (κ2) is 6.05. The quantitative estimate of drug-likeness (QED) is 0.907. The van der Waals surface area contributed by atoms with Crippen molar-refractivity contribution in [1.29, 1.82) is 0 Å². The molecule has 0 fully saturated rings. The van der Waals surface area contributed by atoms with Crippen molar-refractivity contribution in [2.75, 3.05) is 7.11 Å². The van der Waals surface area contributed by atoms with Crippen molar-refractivity contribution in [3.05, 3.63) is 29.7 Å². The maximum absolute atomic E-state index is 6.05. The molecule has 0 aliphatic rings. The molecular formula is C15H21N3O2. The highest BCUT2D eigenvalue weighted by molar-refractivity contribution is 5.58. The lowest BCUT2D eigenvalue weighted by molar-refractivity contribution is 0.335. The van der Waals surface area contributed by atoms with Crippen LogP contribution in [0.2, 0.25) is 0 Å². The van der Waals surface area contributed by atoms with Gasteiger partial charge in [0.2, 0.25) is 11.7 Å². The summed E-state index contributed by atoms with van der Waals surface area (Å²) in [5.41, 5.74) is 7.98. The van der Waals surface area contributed by atoms with Crippen LogP contribution in [0.5, 0.6) is 5.75 Å². The van der Waals surface area contributed by atoms with Gasteiger partial charge < -0.3 is 15.0 Å². The molecule has 0 unspecified atom stereocenters. The zero-order valence-electron chi connectivity index (χ0n) is 12.4. The monoisotopic (exact) mass is 275 g/mol. The van der Waals surface area contributed by atoms with Crippen LogP contribution in [0, 0.1) is 12.8 Å². The molecule has 0 saturated heterocycles. The van der Waals surface area contributed by atoms with Gasteiger partial charge in [-0.1, -0.05) is 19.0 Å². The van der Waals surface area contributed by atoms with E-state index in [0.717, 1.165) is 23.3 Å². The van der Waals surface area contributed by atoms with Gasteiger partial charge in [-0.3, -0.25) is 0 Å². The Bertz CT molecular complexity index is 578. The fourth-order valence-electron chi connectivity index (χ4n) is 2.13. The maximum Gasteiger partial charge on any atom is 0.243 e. The maximum atomic E-state index is 6.05. The lowest BCUT2D eigenvalue weighted by Gasteiger charge is -2.08. The van der Waals surface area contributed by atoms with Crippen LogP contribution in [-0.2, 0) is 0 Å². The van der Waals surface area contributed by atoms with E-state index in [1.807, 2.05) is 25.1 Å². The van der Waals surface area contributed by atoms with Crippen molar-refractivity contribution in [3.63, 3.8) is 0 Å². The van der Waals surface area contributed by atoms with Gasteiger partial charge in [-0.2, -0.15) is 4.98 Å². The Morgan fingerprint density at radius 2 is 2.10 bits per heavy atom. The zero-order chi connectivity index (χ0) is 14.7. The molecule has 5 nitrogen and oxygen atoms in total. The highest BCUT2D eigenvalue weighted by Gasteiger charge is 2.17. The predicted octanol–water partition coefficient (Wildman–Crippen LogP) is 3.10. The average Bonchev–Trinajstić information content (AvgIpc) is 2.87. The second-order valence-electron chi connectivity index (χ2n) is 5.38. The molecule has 2 rings (SSSR count). The summed E-state index contributed by atoms with van der Waals surface area (Å²) in [4.78, 5) is 4.39. The number of aryl methyl sites for hydroxylation is 1. The third kappa shape index (κ3) is 3.17. The summed E-state index contributed by atoms with van der Waals surface area (Å²) in [6.45, 7) is 6.21. The molecule has 0 radical (unpaired) electrons. The minimum atomic E-state index is -0.212. The number of benzene rings is 1. The Balaban J connectivity index is 2.22. The van der Waals surface area contributed by atoms with E-state index >= 15 is 0 Å². The molecule has 1 aromatic carbocycles. The number of ether oxygens (including phenoxy) is 1. The van der Waals surface area contributed by atoms with Gasteiger partial charge in [0.25, 0.3) is 0 Å². The van der Waals surface area contributed by atoms with E-state index in [-0.39, 0.29) is 6.04 Å². The lowest BCUT2D eigenvalue weighted by Crippen LogP contribution is -2.13. The lowest BCUT2D eigenvalue weighted by atomic mass is 10.0. The molecule has 5 heteroatoms. The zero-order valence-corrected chi connectivity index (χ0v) is 12.4. The summed E-state index contributed by atoms with van der Waals surface area (Å²) in [6.07, 6.45) is 0.823. The molecule has 108 valence electrons. The molecule has 1 aromatic heterocycles. The molecule has 0 aliphatic carbocycles. The third-order valence-electron chi connectivity index (χ3n) is 3.14. The van der Waals surface area contributed by atoms with E-state index in [2.05, 4.69) is 24.0 Å². The summed E-state index contributed by atoms with van der Waals surface area (Å²) < 4.78 is 10.5. The summed E-state index contributed by atoms with van der Waals surface area (Å²) in [5.74, 6) is 2.38. The van der Waals surface area contributed by atoms with E-state index in [4.69, 9.17) is 15.0 Å². The van der Waals surface area contributed by atoms with Crippen LogP contribution in [-0.4, -0.2) is 17.3 Å². The first kappa shape index (κ1) is 14.5. The van der Waals surface area contributed by atoms with Crippen LogP contribution >= 0.6 is 0 Å². The predicted molar refractivity (Wildman–Crippen MR) is 77.4 cm³/mol. The van der Waals surface area contributed by atoms with Crippen LogP contribution in [0.1, 0.15) is 37.8 Å². The topological polar surface area (TPSA) is 74.2 Å². The number of nitrogens with zero attached hydrogens (tertiary/aromatic N) is 2. The number of hydrogen-bond acceptors (Lipinski definition) is 5. The Kier molecular flexibility index (Phi) is 4.39. The largest absolute Gasteiger partial charge is 0.496 e. The second-order valence-corrected chi connectivity index (χ2v) is 5.38. The van der Waals surface area contributed by atoms with Crippen molar-refractivity contribution in [2.45, 2.75) is 33.2 Å². The average molecular weight is 275 g/mol.